The van der Waals surface area contributed by atoms with E-state index in [1.54, 1.807) is 0 Å². The van der Waals surface area contributed by atoms with Crippen LogP contribution in [0.15, 0.2) is 85.0 Å². The summed E-state index contributed by atoms with van der Waals surface area (Å²) in [7, 11) is 0. The molecule has 3 aromatic carbocycles. The Kier molecular flexibility index (Phi) is 3.54. The molecule has 0 saturated carbocycles. The zero-order valence-electron chi connectivity index (χ0n) is 17.5. The predicted molar refractivity (Wildman–Crippen MR) is 127 cm³/mol. The monoisotopic (exact) mass is 409 g/mol. The van der Waals surface area contributed by atoms with E-state index in [1.807, 2.05) is 6.07 Å². The molecule has 0 spiro atoms. The molecule has 1 heterocycles. The highest BCUT2D eigenvalue weighted by molar-refractivity contribution is 6.30. The van der Waals surface area contributed by atoms with Crippen molar-refractivity contribution in [1.82, 2.24) is 0 Å². The summed E-state index contributed by atoms with van der Waals surface area (Å²) in [4.78, 5) is 2.55. The van der Waals surface area contributed by atoms with Gasteiger partial charge in [0.1, 0.15) is 0 Å². The summed E-state index contributed by atoms with van der Waals surface area (Å²) in [6.45, 7) is 6.98. The lowest BCUT2D eigenvalue weighted by Gasteiger charge is -2.35. The number of allylic oxidation sites excluding steroid dienone is 2. The zero-order valence-corrected chi connectivity index (χ0v) is 18.2. The Labute approximate surface area is 183 Å². The second kappa shape index (κ2) is 5.89. The van der Waals surface area contributed by atoms with Gasteiger partial charge in [-0.1, -0.05) is 86.2 Å². The molecule has 0 saturated heterocycles. The third-order valence-corrected chi connectivity index (χ3v) is 7.62. The Hall–Kier alpha value is -2.77. The van der Waals surface area contributed by atoms with Crippen molar-refractivity contribution in [2.45, 2.75) is 37.6 Å². The number of benzene rings is 3. The molecule has 3 aromatic rings. The summed E-state index contributed by atoms with van der Waals surface area (Å²) in [5.41, 5.74) is 9.19. The van der Waals surface area contributed by atoms with E-state index in [1.165, 1.54) is 39.2 Å². The minimum atomic E-state index is -0.0730. The summed E-state index contributed by atoms with van der Waals surface area (Å²) in [5, 5.41) is 0.802. The fourth-order valence-corrected chi connectivity index (χ4v) is 6.01. The first-order valence-corrected chi connectivity index (χ1v) is 11.0. The summed E-state index contributed by atoms with van der Waals surface area (Å²) in [6.07, 6.45) is 9.08. The molecule has 2 heteroatoms. The number of fused-ring (bicyclic) bond motifs is 6. The van der Waals surface area contributed by atoms with Crippen LogP contribution in [0.3, 0.4) is 0 Å². The van der Waals surface area contributed by atoms with E-state index in [0.29, 0.717) is 0 Å². The molecule has 1 aliphatic heterocycles. The molecule has 2 aliphatic carbocycles. The van der Waals surface area contributed by atoms with E-state index in [4.69, 9.17) is 11.6 Å². The number of nitrogens with zero attached hydrogens (tertiary/aromatic N) is 1. The first-order valence-electron chi connectivity index (χ1n) is 10.6. The minimum absolute atomic E-state index is 0.0367. The Balaban J connectivity index is 1.65. The van der Waals surface area contributed by atoms with Gasteiger partial charge in [-0.2, -0.15) is 0 Å². The van der Waals surface area contributed by atoms with Crippen molar-refractivity contribution in [3.05, 3.63) is 107 Å². The van der Waals surface area contributed by atoms with E-state index in [9.17, 15) is 0 Å². The van der Waals surface area contributed by atoms with Crippen molar-refractivity contribution in [2.75, 3.05) is 4.90 Å². The number of para-hydroxylation sites is 1. The average Bonchev–Trinajstić information content (AvgIpc) is 3.14. The zero-order chi connectivity index (χ0) is 20.7. The van der Waals surface area contributed by atoms with Crippen molar-refractivity contribution in [3.63, 3.8) is 0 Å². The van der Waals surface area contributed by atoms with Crippen LogP contribution in [0, 0.1) is 0 Å². The topological polar surface area (TPSA) is 3.24 Å². The maximum atomic E-state index is 6.41. The van der Waals surface area contributed by atoms with Crippen LogP contribution in [-0.2, 0) is 10.8 Å². The van der Waals surface area contributed by atoms with Crippen molar-refractivity contribution < 1.29 is 0 Å². The molecule has 3 aliphatic rings. The lowest BCUT2D eigenvalue weighted by atomic mass is 9.76. The van der Waals surface area contributed by atoms with Gasteiger partial charge in [-0.15, -0.1) is 0 Å². The molecule has 0 aromatic heterocycles. The minimum Gasteiger partial charge on any atom is -0.332 e. The van der Waals surface area contributed by atoms with Gasteiger partial charge in [-0.05, 0) is 53.4 Å². The number of rotatable bonds is 1. The van der Waals surface area contributed by atoms with Gasteiger partial charge in [-0.25, -0.2) is 0 Å². The van der Waals surface area contributed by atoms with Gasteiger partial charge in [-0.3, -0.25) is 0 Å². The molecule has 2 unspecified atom stereocenters. The SMILES string of the molecule is CC1(C)c2cc(Cl)ccc2-c2c(N3c4ccccc4C4(C)C=CC=CC34)cccc21. The van der Waals surface area contributed by atoms with Crippen LogP contribution in [0.2, 0.25) is 5.02 Å². The maximum Gasteiger partial charge on any atom is 0.0655 e. The van der Waals surface area contributed by atoms with Gasteiger partial charge in [0.25, 0.3) is 0 Å². The van der Waals surface area contributed by atoms with Crippen LogP contribution in [-0.4, -0.2) is 6.04 Å². The maximum absolute atomic E-state index is 6.41. The molecule has 148 valence electrons. The molecule has 30 heavy (non-hydrogen) atoms. The standard InChI is InChI=1S/C28H24ClN/c1-27(2)21-10-8-12-24(26(21)19-15-14-18(29)17-22(19)27)30-23-11-5-4-9-20(23)28(3)16-7-6-13-25(28)30/h4-17,25H,1-3H3. The van der Waals surface area contributed by atoms with E-state index >= 15 is 0 Å². The van der Waals surface area contributed by atoms with Crippen molar-refractivity contribution in [3.8, 4) is 11.1 Å². The van der Waals surface area contributed by atoms with Gasteiger partial charge in [0.2, 0.25) is 0 Å². The fraction of sp³-hybridized carbons (Fsp3) is 0.214. The van der Waals surface area contributed by atoms with Crippen LogP contribution >= 0.6 is 11.6 Å². The highest BCUT2D eigenvalue weighted by Crippen LogP contribution is 2.57. The number of anilines is 2. The van der Waals surface area contributed by atoms with Crippen LogP contribution in [0.1, 0.15) is 37.5 Å². The third-order valence-electron chi connectivity index (χ3n) is 7.38. The Bertz CT molecular complexity index is 1270. The van der Waals surface area contributed by atoms with Crippen LogP contribution in [0.25, 0.3) is 11.1 Å². The molecule has 0 amide bonds. The molecular formula is C28H24ClN. The van der Waals surface area contributed by atoms with Crippen molar-refractivity contribution in [2.24, 2.45) is 0 Å². The highest BCUT2D eigenvalue weighted by Gasteiger charge is 2.48. The highest BCUT2D eigenvalue weighted by atomic mass is 35.5. The molecule has 0 radical (unpaired) electrons. The molecule has 0 N–H and O–H groups in total. The smallest absolute Gasteiger partial charge is 0.0655 e. The molecule has 0 fully saturated rings. The summed E-state index contributed by atoms with van der Waals surface area (Å²) < 4.78 is 0. The van der Waals surface area contributed by atoms with E-state index < -0.39 is 0 Å². The molecule has 6 rings (SSSR count). The quantitative estimate of drug-likeness (QED) is 0.401. The van der Waals surface area contributed by atoms with Crippen LogP contribution in [0.4, 0.5) is 11.4 Å². The molecule has 0 bridgehead atoms. The summed E-state index contributed by atoms with van der Waals surface area (Å²) in [6, 6.07) is 22.3. The molecule has 1 nitrogen and oxygen atoms in total. The van der Waals surface area contributed by atoms with Crippen molar-refractivity contribution in [1.29, 1.82) is 0 Å². The second-order valence-corrected chi connectivity index (χ2v) is 9.81. The first kappa shape index (κ1) is 18.0. The molecule has 2 atom stereocenters. The predicted octanol–water partition coefficient (Wildman–Crippen LogP) is 7.55. The number of hydrogen-bond donors (Lipinski definition) is 0. The van der Waals surface area contributed by atoms with Gasteiger partial charge >= 0.3 is 0 Å². The molecular weight excluding hydrogens is 386 g/mol. The van der Waals surface area contributed by atoms with E-state index in [2.05, 4.69) is 105 Å². The normalized spacial score (nSPS) is 24.4. The van der Waals surface area contributed by atoms with Crippen LogP contribution < -0.4 is 4.90 Å². The van der Waals surface area contributed by atoms with Crippen molar-refractivity contribution >= 4 is 23.0 Å². The van der Waals surface area contributed by atoms with E-state index in [-0.39, 0.29) is 16.9 Å². The van der Waals surface area contributed by atoms with Gasteiger partial charge < -0.3 is 4.90 Å². The summed E-state index contributed by atoms with van der Waals surface area (Å²) >= 11 is 6.41. The Morgan fingerprint density at radius 1 is 0.800 bits per heavy atom. The first-order chi connectivity index (χ1) is 14.4. The van der Waals surface area contributed by atoms with Gasteiger partial charge in [0, 0.05) is 32.8 Å². The van der Waals surface area contributed by atoms with Gasteiger partial charge in [0.15, 0.2) is 0 Å². The second-order valence-electron chi connectivity index (χ2n) is 9.37. The average molecular weight is 410 g/mol. The fourth-order valence-electron chi connectivity index (χ4n) is 5.84. The number of halogens is 1. The van der Waals surface area contributed by atoms with Gasteiger partial charge in [0.05, 0.1) is 6.04 Å². The van der Waals surface area contributed by atoms with Crippen LogP contribution in [0.5, 0.6) is 0 Å². The Morgan fingerprint density at radius 2 is 1.57 bits per heavy atom. The summed E-state index contributed by atoms with van der Waals surface area (Å²) in [5.74, 6) is 0. The third kappa shape index (κ3) is 2.14. The Morgan fingerprint density at radius 3 is 2.43 bits per heavy atom. The largest absolute Gasteiger partial charge is 0.332 e. The van der Waals surface area contributed by atoms with E-state index in [0.717, 1.165) is 5.02 Å². The number of hydrogen-bond acceptors (Lipinski definition) is 1. The lowest BCUT2D eigenvalue weighted by Crippen LogP contribution is -2.39. The lowest BCUT2D eigenvalue weighted by molar-refractivity contribution is 0.551.